The summed E-state index contributed by atoms with van der Waals surface area (Å²) in [7, 11) is -4.03. The smallest absolute Gasteiger partial charge is 0.264 e. The lowest BCUT2D eigenvalue weighted by molar-refractivity contribution is -0.114. The SMILES string of the molecule is O=C(CN(c1cc(Cl)cc(Cl)c1)S(=O)(=O)c1ccccc1)Nc1ccc(I)cc1. The Hall–Kier alpha value is -1.81. The molecule has 9 heteroatoms. The van der Waals surface area contributed by atoms with E-state index >= 15 is 0 Å². The first-order valence-electron chi connectivity index (χ1n) is 8.35. The summed E-state index contributed by atoms with van der Waals surface area (Å²) >= 11 is 14.3. The van der Waals surface area contributed by atoms with Gasteiger partial charge in [0.25, 0.3) is 10.0 Å². The number of hydrogen-bond donors (Lipinski definition) is 1. The Balaban J connectivity index is 1.96. The standard InChI is InChI=1S/C20H15Cl2IN2O3S/c21-14-10-15(22)12-18(11-14)25(29(27,28)19-4-2-1-3-5-19)13-20(26)24-17-8-6-16(23)7-9-17/h1-12H,13H2,(H,24,26). The van der Waals surface area contributed by atoms with Crippen LogP contribution in [0.15, 0.2) is 77.7 Å². The second-order valence-electron chi connectivity index (χ2n) is 6.01. The second kappa shape index (κ2) is 9.34. The number of rotatable bonds is 6. The molecule has 0 aromatic heterocycles. The first-order chi connectivity index (χ1) is 13.8. The van der Waals surface area contributed by atoms with Gasteiger partial charge in [0.15, 0.2) is 0 Å². The molecule has 3 aromatic carbocycles. The van der Waals surface area contributed by atoms with Gasteiger partial charge in [-0.05, 0) is 77.2 Å². The number of nitrogens with one attached hydrogen (secondary N) is 1. The highest BCUT2D eigenvalue weighted by atomic mass is 127. The minimum Gasteiger partial charge on any atom is -0.325 e. The van der Waals surface area contributed by atoms with E-state index < -0.39 is 22.5 Å². The van der Waals surface area contributed by atoms with E-state index in [0.717, 1.165) is 7.88 Å². The average molecular weight is 561 g/mol. The topological polar surface area (TPSA) is 66.5 Å². The van der Waals surface area contributed by atoms with Gasteiger partial charge in [-0.3, -0.25) is 9.10 Å². The highest BCUT2D eigenvalue weighted by molar-refractivity contribution is 14.1. The molecular weight excluding hydrogens is 546 g/mol. The van der Waals surface area contributed by atoms with Crippen molar-refractivity contribution >= 4 is 73.1 Å². The summed E-state index contributed by atoms with van der Waals surface area (Å²) in [5.41, 5.74) is 0.765. The largest absolute Gasteiger partial charge is 0.325 e. The van der Waals surface area contributed by atoms with E-state index in [-0.39, 0.29) is 20.6 Å². The van der Waals surface area contributed by atoms with Gasteiger partial charge in [0.1, 0.15) is 6.54 Å². The summed E-state index contributed by atoms with van der Waals surface area (Å²) in [6.45, 7) is -0.445. The third-order valence-electron chi connectivity index (χ3n) is 3.88. The van der Waals surface area contributed by atoms with Crippen LogP contribution >= 0.6 is 45.8 Å². The van der Waals surface area contributed by atoms with Crippen LogP contribution in [0.4, 0.5) is 11.4 Å². The number of nitrogens with zero attached hydrogens (tertiary/aromatic N) is 1. The molecule has 0 aliphatic carbocycles. The summed E-state index contributed by atoms with van der Waals surface area (Å²) in [5.74, 6) is -0.498. The Morgan fingerprint density at radius 3 is 2.10 bits per heavy atom. The third-order valence-corrected chi connectivity index (χ3v) is 6.83. The van der Waals surface area contributed by atoms with Gasteiger partial charge in [-0.1, -0.05) is 41.4 Å². The van der Waals surface area contributed by atoms with Gasteiger partial charge in [0, 0.05) is 19.3 Å². The Labute approximate surface area is 192 Å². The molecule has 0 fully saturated rings. The number of sulfonamides is 1. The average Bonchev–Trinajstić information content (AvgIpc) is 2.68. The van der Waals surface area contributed by atoms with E-state index in [9.17, 15) is 13.2 Å². The van der Waals surface area contributed by atoms with Crippen molar-refractivity contribution in [3.8, 4) is 0 Å². The Bertz CT molecular complexity index is 1100. The molecule has 0 saturated heterocycles. The van der Waals surface area contributed by atoms with Crippen LogP contribution in [0.25, 0.3) is 0 Å². The van der Waals surface area contributed by atoms with Crippen molar-refractivity contribution in [1.82, 2.24) is 0 Å². The zero-order valence-corrected chi connectivity index (χ0v) is 19.3. The zero-order chi connectivity index (χ0) is 21.0. The van der Waals surface area contributed by atoms with Gasteiger partial charge in [-0.2, -0.15) is 0 Å². The van der Waals surface area contributed by atoms with Gasteiger partial charge in [0.2, 0.25) is 5.91 Å². The first-order valence-corrected chi connectivity index (χ1v) is 11.6. The molecule has 0 bridgehead atoms. The number of hydrogen-bond acceptors (Lipinski definition) is 3. The monoisotopic (exact) mass is 560 g/mol. The molecule has 0 spiro atoms. The van der Waals surface area contributed by atoms with Crippen molar-refractivity contribution in [2.75, 3.05) is 16.2 Å². The Kier molecular flexibility index (Phi) is 7.05. The van der Waals surface area contributed by atoms with Crippen LogP contribution in [0, 0.1) is 3.57 Å². The molecule has 1 amide bonds. The van der Waals surface area contributed by atoms with Crippen molar-refractivity contribution in [3.63, 3.8) is 0 Å². The molecule has 0 unspecified atom stereocenters. The van der Waals surface area contributed by atoms with Crippen LogP contribution in [-0.2, 0) is 14.8 Å². The molecule has 0 saturated carbocycles. The summed E-state index contributed by atoms with van der Waals surface area (Å²) in [4.78, 5) is 12.7. The third kappa shape index (κ3) is 5.63. The van der Waals surface area contributed by atoms with Crippen LogP contribution in [0.5, 0.6) is 0 Å². The van der Waals surface area contributed by atoms with Crippen LogP contribution in [0.3, 0.4) is 0 Å². The Morgan fingerprint density at radius 2 is 1.52 bits per heavy atom. The number of carbonyl (C=O) groups is 1. The quantitative estimate of drug-likeness (QED) is 0.409. The molecule has 0 atom stereocenters. The minimum absolute atomic E-state index is 0.0539. The van der Waals surface area contributed by atoms with Crippen molar-refractivity contribution < 1.29 is 13.2 Å². The summed E-state index contributed by atoms with van der Waals surface area (Å²) in [6, 6.07) is 19.4. The lowest BCUT2D eigenvalue weighted by Crippen LogP contribution is -2.38. The van der Waals surface area contributed by atoms with Gasteiger partial charge in [-0.15, -0.1) is 0 Å². The van der Waals surface area contributed by atoms with E-state index in [1.54, 1.807) is 30.3 Å². The predicted molar refractivity (Wildman–Crippen MR) is 125 cm³/mol. The highest BCUT2D eigenvalue weighted by Crippen LogP contribution is 2.29. The fourth-order valence-corrected chi connectivity index (χ4v) is 4.88. The van der Waals surface area contributed by atoms with Crippen molar-refractivity contribution in [1.29, 1.82) is 0 Å². The first kappa shape index (κ1) is 21.9. The predicted octanol–water partition coefficient (Wildman–Crippen LogP) is 5.43. The molecule has 0 aliphatic rings. The summed E-state index contributed by atoms with van der Waals surface area (Å²) in [5, 5.41) is 3.23. The lowest BCUT2D eigenvalue weighted by Gasteiger charge is -2.24. The molecule has 29 heavy (non-hydrogen) atoms. The second-order valence-corrected chi connectivity index (χ2v) is 9.99. The Morgan fingerprint density at radius 1 is 0.931 bits per heavy atom. The van der Waals surface area contributed by atoms with Crippen LogP contribution in [0.2, 0.25) is 10.0 Å². The molecule has 3 aromatic rings. The number of amides is 1. The van der Waals surface area contributed by atoms with Gasteiger partial charge < -0.3 is 5.32 Å². The van der Waals surface area contributed by atoms with E-state index in [0.29, 0.717) is 5.69 Å². The van der Waals surface area contributed by atoms with Crippen molar-refractivity contribution in [2.45, 2.75) is 4.90 Å². The molecule has 1 N–H and O–H groups in total. The van der Waals surface area contributed by atoms with Gasteiger partial charge in [-0.25, -0.2) is 8.42 Å². The van der Waals surface area contributed by atoms with Gasteiger partial charge in [0.05, 0.1) is 10.6 Å². The number of benzene rings is 3. The summed E-state index contributed by atoms with van der Waals surface area (Å²) < 4.78 is 28.5. The fraction of sp³-hybridized carbons (Fsp3) is 0.0500. The molecule has 150 valence electrons. The molecular formula is C20H15Cl2IN2O3S. The normalized spacial score (nSPS) is 11.1. The van der Waals surface area contributed by atoms with Crippen LogP contribution in [0.1, 0.15) is 0 Å². The van der Waals surface area contributed by atoms with E-state index in [1.807, 2.05) is 12.1 Å². The molecule has 0 radical (unpaired) electrons. The number of halogens is 3. The maximum Gasteiger partial charge on any atom is 0.264 e. The van der Waals surface area contributed by atoms with Gasteiger partial charge >= 0.3 is 0 Å². The lowest BCUT2D eigenvalue weighted by atomic mass is 10.3. The maximum absolute atomic E-state index is 13.2. The molecule has 3 rings (SSSR count). The molecule has 0 heterocycles. The van der Waals surface area contributed by atoms with E-state index in [4.69, 9.17) is 23.2 Å². The molecule has 0 aliphatic heterocycles. The fourth-order valence-electron chi connectivity index (χ4n) is 2.58. The number of anilines is 2. The van der Waals surface area contributed by atoms with E-state index in [1.165, 1.54) is 30.3 Å². The van der Waals surface area contributed by atoms with Crippen LogP contribution in [-0.4, -0.2) is 20.9 Å². The van der Waals surface area contributed by atoms with Crippen molar-refractivity contribution in [3.05, 3.63) is 86.4 Å². The van der Waals surface area contributed by atoms with E-state index in [2.05, 4.69) is 27.9 Å². The molecule has 5 nitrogen and oxygen atoms in total. The van der Waals surface area contributed by atoms with Crippen molar-refractivity contribution in [2.24, 2.45) is 0 Å². The zero-order valence-electron chi connectivity index (χ0n) is 14.8. The maximum atomic E-state index is 13.2. The number of carbonyl (C=O) groups excluding carboxylic acids is 1. The highest BCUT2D eigenvalue weighted by Gasteiger charge is 2.27. The minimum atomic E-state index is -4.03. The van der Waals surface area contributed by atoms with Crippen LogP contribution < -0.4 is 9.62 Å². The summed E-state index contributed by atoms with van der Waals surface area (Å²) in [6.07, 6.45) is 0.